The summed E-state index contributed by atoms with van der Waals surface area (Å²) in [4.78, 5) is 20.6. The molecule has 1 heterocycles. The van der Waals surface area contributed by atoms with Gasteiger partial charge in [0.25, 0.3) is 0 Å². The summed E-state index contributed by atoms with van der Waals surface area (Å²) in [7, 11) is 3.03. The highest BCUT2D eigenvalue weighted by atomic mass is 16.5. The zero-order valence-electron chi connectivity index (χ0n) is 14.1. The molecule has 7 nitrogen and oxygen atoms in total. The number of ether oxygens (including phenoxy) is 2. The van der Waals surface area contributed by atoms with E-state index in [9.17, 15) is 4.79 Å². The molecule has 0 bridgehead atoms. The fourth-order valence-corrected chi connectivity index (χ4v) is 2.17. The van der Waals surface area contributed by atoms with E-state index < -0.39 is 5.97 Å². The van der Waals surface area contributed by atoms with Gasteiger partial charge >= 0.3 is 5.97 Å². The molecule has 0 radical (unpaired) electrons. The van der Waals surface area contributed by atoms with Crippen LogP contribution in [0, 0.1) is 6.92 Å². The molecule has 0 saturated carbocycles. The number of anilines is 3. The highest BCUT2D eigenvalue weighted by Crippen LogP contribution is 2.22. The van der Waals surface area contributed by atoms with Crippen molar-refractivity contribution in [2.75, 3.05) is 38.0 Å². The second-order valence-corrected chi connectivity index (χ2v) is 5.12. The normalized spacial score (nSPS) is 10.3. The quantitative estimate of drug-likeness (QED) is 0.568. The molecule has 0 aliphatic carbocycles. The Labute approximate surface area is 141 Å². The molecular weight excluding hydrogens is 308 g/mol. The molecule has 2 rings (SSSR count). The summed E-state index contributed by atoms with van der Waals surface area (Å²) in [6.07, 6.45) is 0.882. The van der Waals surface area contributed by atoms with Gasteiger partial charge in [-0.15, -0.1) is 0 Å². The number of esters is 1. The number of hydrogen-bond donors (Lipinski definition) is 2. The van der Waals surface area contributed by atoms with Gasteiger partial charge in [-0.2, -0.15) is 0 Å². The summed E-state index contributed by atoms with van der Waals surface area (Å²) in [6.45, 7) is 3.26. The third-order valence-corrected chi connectivity index (χ3v) is 3.26. The molecule has 7 heteroatoms. The van der Waals surface area contributed by atoms with Crippen LogP contribution >= 0.6 is 0 Å². The van der Waals surface area contributed by atoms with Crippen LogP contribution in [-0.4, -0.2) is 43.3 Å². The minimum Gasteiger partial charge on any atom is -0.465 e. The summed E-state index contributed by atoms with van der Waals surface area (Å²) in [5, 5.41) is 6.39. The Balaban J connectivity index is 2.15. The molecule has 0 spiro atoms. The van der Waals surface area contributed by atoms with Crippen molar-refractivity contribution in [1.29, 1.82) is 0 Å². The smallest absolute Gasteiger partial charge is 0.339 e. The SMILES string of the molecule is COCCCNc1cc(Nc2ccccc2C(=O)OC)nc(C)n1. The van der Waals surface area contributed by atoms with E-state index in [1.807, 2.05) is 13.0 Å². The number of hydrogen-bond acceptors (Lipinski definition) is 7. The molecule has 1 aromatic carbocycles. The van der Waals surface area contributed by atoms with Crippen LogP contribution in [0.25, 0.3) is 0 Å². The van der Waals surface area contributed by atoms with Crippen LogP contribution in [0.4, 0.5) is 17.3 Å². The summed E-state index contributed by atoms with van der Waals surface area (Å²) in [5.41, 5.74) is 1.08. The first kappa shape index (κ1) is 17.7. The van der Waals surface area contributed by atoms with E-state index in [1.165, 1.54) is 7.11 Å². The van der Waals surface area contributed by atoms with E-state index in [0.717, 1.165) is 18.8 Å². The number of rotatable bonds is 8. The van der Waals surface area contributed by atoms with Gasteiger partial charge in [0.2, 0.25) is 0 Å². The van der Waals surface area contributed by atoms with E-state index in [1.54, 1.807) is 31.4 Å². The standard InChI is InChI=1S/C17H22N4O3/c1-12-19-15(18-9-6-10-23-2)11-16(20-12)21-14-8-5-4-7-13(14)17(22)24-3/h4-5,7-8,11H,6,9-10H2,1-3H3,(H2,18,19,20,21). The molecule has 0 amide bonds. The average molecular weight is 330 g/mol. The summed E-state index contributed by atoms with van der Waals surface area (Å²) < 4.78 is 9.83. The number of benzene rings is 1. The summed E-state index contributed by atoms with van der Waals surface area (Å²) in [5.74, 6) is 1.55. The summed E-state index contributed by atoms with van der Waals surface area (Å²) in [6, 6.07) is 8.92. The fourth-order valence-electron chi connectivity index (χ4n) is 2.17. The number of para-hydroxylation sites is 1. The number of nitrogens with one attached hydrogen (secondary N) is 2. The highest BCUT2D eigenvalue weighted by molar-refractivity contribution is 5.96. The number of aromatic nitrogens is 2. The van der Waals surface area contributed by atoms with E-state index in [2.05, 4.69) is 20.6 Å². The molecular formula is C17H22N4O3. The second kappa shape index (κ2) is 8.83. The maximum absolute atomic E-state index is 11.8. The number of carbonyl (C=O) groups excluding carboxylic acids is 1. The maximum Gasteiger partial charge on any atom is 0.339 e. The lowest BCUT2D eigenvalue weighted by molar-refractivity contribution is 0.0602. The van der Waals surface area contributed by atoms with Crippen molar-refractivity contribution < 1.29 is 14.3 Å². The molecule has 0 fully saturated rings. The van der Waals surface area contributed by atoms with Gasteiger partial charge in [0.05, 0.1) is 18.4 Å². The van der Waals surface area contributed by atoms with Gasteiger partial charge in [0, 0.05) is 26.3 Å². The first-order valence-electron chi connectivity index (χ1n) is 7.67. The van der Waals surface area contributed by atoms with Gasteiger partial charge in [-0.1, -0.05) is 12.1 Å². The predicted molar refractivity (Wildman–Crippen MR) is 92.8 cm³/mol. The number of carbonyl (C=O) groups is 1. The number of aryl methyl sites for hydroxylation is 1. The monoisotopic (exact) mass is 330 g/mol. The van der Waals surface area contributed by atoms with Crippen LogP contribution < -0.4 is 10.6 Å². The Morgan fingerprint density at radius 2 is 1.92 bits per heavy atom. The van der Waals surface area contributed by atoms with E-state index in [0.29, 0.717) is 29.5 Å². The molecule has 24 heavy (non-hydrogen) atoms. The molecule has 128 valence electrons. The Kier molecular flexibility index (Phi) is 6.51. The van der Waals surface area contributed by atoms with E-state index in [-0.39, 0.29) is 0 Å². The lowest BCUT2D eigenvalue weighted by Crippen LogP contribution is -2.09. The Bertz CT molecular complexity index is 691. The minimum absolute atomic E-state index is 0.401. The minimum atomic E-state index is -0.401. The van der Waals surface area contributed by atoms with Crippen LogP contribution in [0.15, 0.2) is 30.3 Å². The van der Waals surface area contributed by atoms with Crippen molar-refractivity contribution in [3.8, 4) is 0 Å². The molecule has 2 aromatic rings. The van der Waals surface area contributed by atoms with Gasteiger partial charge in [-0.05, 0) is 25.5 Å². The number of nitrogens with zero attached hydrogens (tertiary/aromatic N) is 2. The van der Waals surface area contributed by atoms with Crippen LogP contribution in [-0.2, 0) is 9.47 Å². The second-order valence-electron chi connectivity index (χ2n) is 5.12. The van der Waals surface area contributed by atoms with Gasteiger partial charge < -0.3 is 20.1 Å². The fraction of sp³-hybridized carbons (Fsp3) is 0.353. The Morgan fingerprint density at radius 1 is 1.17 bits per heavy atom. The van der Waals surface area contributed by atoms with Gasteiger partial charge in [0.1, 0.15) is 17.5 Å². The lowest BCUT2D eigenvalue weighted by atomic mass is 10.2. The average Bonchev–Trinajstić information content (AvgIpc) is 2.58. The third kappa shape index (κ3) is 4.92. The Morgan fingerprint density at radius 3 is 2.67 bits per heavy atom. The van der Waals surface area contributed by atoms with Crippen molar-refractivity contribution in [2.45, 2.75) is 13.3 Å². The maximum atomic E-state index is 11.8. The van der Waals surface area contributed by atoms with Gasteiger partial charge in [-0.25, -0.2) is 14.8 Å². The van der Waals surface area contributed by atoms with E-state index in [4.69, 9.17) is 9.47 Å². The van der Waals surface area contributed by atoms with Crippen LogP contribution in [0.5, 0.6) is 0 Å². The van der Waals surface area contributed by atoms with Crippen LogP contribution in [0.1, 0.15) is 22.6 Å². The van der Waals surface area contributed by atoms with Crippen molar-refractivity contribution in [3.63, 3.8) is 0 Å². The molecule has 0 unspecified atom stereocenters. The highest BCUT2D eigenvalue weighted by Gasteiger charge is 2.12. The molecule has 0 saturated heterocycles. The van der Waals surface area contributed by atoms with Crippen LogP contribution in [0.3, 0.4) is 0 Å². The zero-order valence-corrected chi connectivity index (χ0v) is 14.1. The first-order valence-corrected chi connectivity index (χ1v) is 7.67. The predicted octanol–water partition coefficient (Wildman–Crippen LogP) is 2.76. The molecule has 0 atom stereocenters. The van der Waals surface area contributed by atoms with E-state index >= 15 is 0 Å². The van der Waals surface area contributed by atoms with Crippen molar-refractivity contribution in [1.82, 2.24) is 9.97 Å². The zero-order chi connectivity index (χ0) is 17.4. The van der Waals surface area contributed by atoms with Crippen molar-refractivity contribution >= 4 is 23.3 Å². The largest absolute Gasteiger partial charge is 0.465 e. The van der Waals surface area contributed by atoms with Crippen molar-refractivity contribution in [2.24, 2.45) is 0 Å². The summed E-state index contributed by atoms with van der Waals surface area (Å²) >= 11 is 0. The van der Waals surface area contributed by atoms with Gasteiger partial charge in [-0.3, -0.25) is 0 Å². The molecule has 0 aliphatic heterocycles. The molecule has 1 aromatic heterocycles. The Hall–Kier alpha value is -2.67. The van der Waals surface area contributed by atoms with Gasteiger partial charge in [0.15, 0.2) is 0 Å². The third-order valence-electron chi connectivity index (χ3n) is 3.26. The van der Waals surface area contributed by atoms with Crippen molar-refractivity contribution in [3.05, 3.63) is 41.7 Å². The van der Waals surface area contributed by atoms with Crippen LogP contribution in [0.2, 0.25) is 0 Å². The number of methoxy groups -OCH3 is 2. The molecule has 0 aliphatic rings. The molecule has 2 N–H and O–H groups in total. The first-order chi connectivity index (χ1) is 11.6. The topological polar surface area (TPSA) is 85.4 Å². The lowest BCUT2D eigenvalue weighted by Gasteiger charge is -2.12.